The van der Waals surface area contributed by atoms with Gasteiger partial charge in [-0.1, -0.05) is 109 Å². The van der Waals surface area contributed by atoms with Crippen molar-refractivity contribution in [2.45, 2.75) is 0 Å². The molecular formula is C61H34N8. The molecule has 8 heteroatoms. The Hall–Kier alpha value is -10.1. The molecule has 0 unspecified atom stereocenters. The number of nitriles is 1. The second-order valence-electron chi connectivity index (χ2n) is 17.1. The molecule has 4 aromatic heterocycles. The minimum Gasteiger partial charge on any atom is -0.319 e. The fraction of sp³-hybridized carbons (Fsp3) is 0. The van der Waals surface area contributed by atoms with Crippen molar-refractivity contribution in [2.75, 3.05) is 0 Å². The summed E-state index contributed by atoms with van der Waals surface area (Å²) in [5.41, 5.74) is 14.5. The highest BCUT2D eigenvalue weighted by Crippen LogP contribution is 2.42. The molecule has 69 heavy (non-hydrogen) atoms. The minimum absolute atomic E-state index is 0.481. The van der Waals surface area contributed by atoms with Crippen LogP contribution in [0.25, 0.3) is 126 Å². The number of hydrogen-bond acceptors (Lipinski definition) is 3. The first-order chi connectivity index (χ1) is 34.1. The molecule has 0 amide bonds. The molecule has 13 rings (SSSR count). The topological polar surface area (TPSA) is 73.1 Å². The molecule has 4 heterocycles. The van der Waals surface area contributed by atoms with Crippen molar-refractivity contribution in [3.63, 3.8) is 0 Å². The third-order valence-electron chi connectivity index (χ3n) is 13.3. The highest BCUT2D eigenvalue weighted by Gasteiger charge is 2.21. The Balaban J connectivity index is 1.05. The number of nitrogens with zero attached hydrogens (tertiary/aromatic N) is 8. The lowest BCUT2D eigenvalue weighted by Crippen LogP contribution is -1.98. The number of hydrogen-bond donors (Lipinski definition) is 0. The van der Waals surface area contributed by atoms with Gasteiger partial charge in [0.05, 0.1) is 75.0 Å². The van der Waals surface area contributed by atoms with Gasteiger partial charge in [0, 0.05) is 49.4 Å². The molecule has 8 nitrogen and oxygen atoms in total. The van der Waals surface area contributed by atoms with Gasteiger partial charge >= 0.3 is 0 Å². The van der Waals surface area contributed by atoms with Gasteiger partial charge in [0.25, 0.3) is 0 Å². The molecule has 0 radical (unpaired) electrons. The molecule has 0 bridgehead atoms. The standard InChI is InChI=1S/C61H34N8/c1-63-42-23-28-57-48(33-42)47-31-38(37-62)21-26-56(47)68(57)44-25-30-59-50(35-44)49-34-43(67-54-19-11-9-17-45(54)46-18-10-12-20-55(46)67)24-29-58(49)69(59)60-27-22-41(32-53(60)64-2)52-36-51(39-13-5-3-6-14-39)65-61(66-52)40-15-7-4-8-16-40/h3-36H. The van der Waals surface area contributed by atoms with Crippen molar-refractivity contribution in [2.24, 2.45) is 0 Å². The van der Waals surface area contributed by atoms with Crippen LogP contribution in [0.2, 0.25) is 0 Å². The van der Waals surface area contributed by atoms with Gasteiger partial charge in [0.1, 0.15) is 0 Å². The van der Waals surface area contributed by atoms with E-state index in [-0.39, 0.29) is 0 Å². The second-order valence-corrected chi connectivity index (χ2v) is 17.1. The molecule has 0 saturated carbocycles. The monoisotopic (exact) mass is 878 g/mol. The zero-order valence-electron chi connectivity index (χ0n) is 36.7. The van der Waals surface area contributed by atoms with E-state index in [0.717, 1.165) is 99.8 Å². The summed E-state index contributed by atoms with van der Waals surface area (Å²) in [6, 6.07) is 72.1. The van der Waals surface area contributed by atoms with E-state index >= 15 is 0 Å². The van der Waals surface area contributed by atoms with Crippen molar-refractivity contribution in [3.05, 3.63) is 235 Å². The van der Waals surface area contributed by atoms with E-state index < -0.39 is 0 Å². The summed E-state index contributed by atoms with van der Waals surface area (Å²) >= 11 is 0. The highest BCUT2D eigenvalue weighted by atomic mass is 15.0. The summed E-state index contributed by atoms with van der Waals surface area (Å²) in [6.45, 7) is 16.5. The van der Waals surface area contributed by atoms with Crippen molar-refractivity contribution in [1.29, 1.82) is 5.26 Å². The zero-order chi connectivity index (χ0) is 46.2. The molecule has 0 saturated heterocycles. The van der Waals surface area contributed by atoms with Gasteiger partial charge in [0.2, 0.25) is 5.69 Å². The molecule has 0 aliphatic carbocycles. The number of aromatic nitrogens is 5. The van der Waals surface area contributed by atoms with Crippen molar-refractivity contribution >= 4 is 76.8 Å². The first-order valence-corrected chi connectivity index (χ1v) is 22.5. The second kappa shape index (κ2) is 15.5. The van der Waals surface area contributed by atoms with Crippen LogP contribution in [-0.2, 0) is 0 Å². The molecule has 0 aliphatic heterocycles. The van der Waals surface area contributed by atoms with Crippen LogP contribution in [0, 0.1) is 24.5 Å². The predicted octanol–water partition coefficient (Wildman–Crippen LogP) is 15.7. The molecular weight excluding hydrogens is 845 g/mol. The smallest absolute Gasteiger partial charge is 0.211 e. The number of rotatable bonds is 6. The third-order valence-corrected chi connectivity index (χ3v) is 13.3. The summed E-state index contributed by atoms with van der Waals surface area (Å²) in [4.78, 5) is 18.0. The van der Waals surface area contributed by atoms with Crippen LogP contribution in [-0.4, -0.2) is 23.7 Å². The molecule has 13 aromatic rings. The van der Waals surface area contributed by atoms with Gasteiger partial charge in [0.15, 0.2) is 11.5 Å². The van der Waals surface area contributed by atoms with Gasteiger partial charge in [-0.05, 0) is 108 Å². The first kappa shape index (κ1) is 39.3. The van der Waals surface area contributed by atoms with Crippen molar-refractivity contribution in [3.8, 4) is 57.0 Å². The van der Waals surface area contributed by atoms with Crippen LogP contribution < -0.4 is 0 Å². The average molecular weight is 879 g/mol. The lowest BCUT2D eigenvalue weighted by molar-refractivity contribution is 1.16. The molecule has 0 aliphatic rings. The Bertz CT molecular complexity index is 4220. The average Bonchev–Trinajstić information content (AvgIpc) is 4.05. The highest BCUT2D eigenvalue weighted by molar-refractivity contribution is 6.14. The van der Waals surface area contributed by atoms with Crippen LogP contribution >= 0.6 is 0 Å². The molecule has 0 N–H and O–H groups in total. The van der Waals surface area contributed by atoms with E-state index in [1.54, 1.807) is 0 Å². The van der Waals surface area contributed by atoms with Crippen LogP contribution in [0.4, 0.5) is 11.4 Å². The Kier molecular flexibility index (Phi) is 8.85. The third kappa shape index (κ3) is 6.20. The van der Waals surface area contributed by atoms with Gasteiger partial charge in [-0.25, -0.2) is 19.7 Å². The van der Waals surface area contributed by atoms with E-state index in [2.05, 4.69) is 120 Å². The maximum absolute atomic E-state index is 9.90. The lowest BCUT2D eigenvalue weighted by Gasteiger charge is -2.14. The van der Waals surface area contributed by atoms with E-state index in [0.29, 0.717) is 22.8 Å². The lowest BCUT2D eigenvalue weighted by atomic mass is 10.1. The van der Waals surface area contributed by atoms with Crippen molar-refractivity contribution < 1.29 is 0 Å². The Labute approximate surface area is 395 Å². The van der Waals surface area contributed by atoms with Gasteiger partial charge in [-0.15, -0.1) is 0 Å². The summed E-state index contributed by atoms with van der Waals surface area (Å²) in [6.07, 6.45) is 0. The SMILES string of the molecule is [C-]#[N+]c1ccc2c(c1)c1cc(C#N)ccc1n2-c1ccc2c(c1)c1cc(-n3c4ccccc4c4ccccc43)ccc1n2-c1ccc(-c2cc(-c3ccccc3)nc(-c3ccccc3)n2)cc1[N+]#[C-]. The molecule has 0 fully saturated rings. The summed E-state index contributed by atoms with van der Waals surface area (Å²) in [5.74, 6) is 0.609. The normalized spacial score (nSPS) is 11.4. The Morgan fingerprint density at radius 2 is 0.899 bits per heavy atom. The summed E-state index contributed by atoms with van der Waals surface area (Å²) in [7, 11) is 0. The number of benzene rings is 9. The van der Waals surface area contributed by atoms with E-state index in [1.165, 1.54) is 10.8 Å². The Morgan fingerprint density at radius 1 is 0.391 bits per heavy atom. The maximum Gasteiger partial charge on any atom is 0.211 e. The predicted molar refractivity (Wildman–Crippen MR) is 279 cm³/mol. The largest absolute Gasteiger partial charge is 0.319 e. The van der Waals surface area contributed by atoms with Crippen LogP contribution in [0.1, 0.15) is 5.56 Å². The molecule has 0 spiro atoms. The van der Waals surface area contributed by atoms with E-state index in [1.807, 2.05) is 115 Å². The van der Waals surface area contributed by atoms with Crippen LogP contribution in [0.3, 0.4) is 0 Å². The minimum atomic E-state index is 0.481. The van der Waals surface area contributed by atoms with Crippen molar-refractivity contribution in [1.82, 2.24) is 23.7 Å². The maximum atomic E-state index is 9.90. The summed E-state index contributed by atoms with van der Waals surface area (Å²) in [5, 5.41) is 16.1. The fourth-order valence-corrected chi connectivity index (χ4v) is 10.2. The van der Waals surface area contributed by atoms with E-state index in [9.17, 15) is 5.26 Å². The molecule has 9 aromatic carbocycles. The zero-order valence-corrected chi connectivity index (χ0v) is 36.7. The van der Waals surface area contributed by atoms with Crippen LogP contribution in [0.15, 0.2) is 206 Å². The van der Waals surface area contributed by atoms with Gasteiger partial charge in [-0.3, -0.25) is 0 Å². The van der Waals surface area contributed by atoms with Crippen LogP contribution in [0.5, 0.6) is 0 Å². The summed E-state index contributed by atoms with van der Waals surface area (Å²) < 4.78 is 6.76. The van der Waals surface area contributed by atoms with Gasteiger partial charge in [-0.2, -0.15) is 5.26 Å². The fourth-order valence-electron chi connectivity index (χ4n) is 10.2. The molecule has 318 valence electrons. The Morgan fingerprint density at radius 3 is 1.51 bits per heavy atom. The van der Waals surface area contributed by atoms with E-state index in [4.69, 9.17) is 23.1 Å². The number of para-hydroxylation sites is 2. The quantitative estimate of drug-likeness (QED) is 0.156. The first-order valence-electron chi connectivity index (χ1n) is 22.5. The molecule has 0 atom stereocenters. The van der Waals surface area contributed by atoms with Gasteiger partial charge < -0.3 is 13.7 Å². The number of fused-ring (bicyclic) bond motifs is 9.